The number of likely N-dealkylation sites (tertiary alicyclic amines) is 1. The number of rotatable bonds is 8. The molecule has 2 saturated heterocycles. The Hall–Kier alpha value is -0.120. The molecule has 0 aromatic heterocycles. The van der Waals surface area contributed by atoms with Gasteiger partial charge >= 0.3 is 0 Å². The van der Waals surface area contributed by atoms with Crippen LogP contribution in [0.4, 0.5) is 0 Å². The lowest BCUT2D eigenvalue weighted by atomic mass is 9.96. The summed E-state index contributed by atoms with van der Waals surface area (Å²) in [6, 6.07) is 0.634. The molecular formula is C18H36N2O. The molecule has 2 rings (SSSR count). The van der Waals surface area contributed by atoms with E-state index in [9.17, 15) is 0 Å². The molecule has 124 valence electrons. The van der Waals surface area contributed by atoms with Crippen LogP contribution in [0, 0.1) is 11.8 Å². The molecule has 0 amide bonds. The quantitative estimate of drug-likeness (QED) is 0.744. The zero-order valence-corrected chi connectivity index (χ0v) is 14.3. The van der Waals surface area contributed by atoms with Crippen LogP contribution in [0.25, 0.3) is 0 Å². The molecule has 3 nitrogen and oxygen atoms in total. The average molecular weight is 296 g/mol. The van der Waals surface area contributed by atoms with Crippen molar-refractivity contribution in [1.82, 2.24) is 10.2 Å². The number of hydrogen-bond donors (Lipinski definition) is 1. The molecule has 2 aliphatic heterocycles. The van der Waals surface area contributed by atoms with Crippen molar-refractivity contribution in [3.8, 4) is 0 Å². The van der Waals surface area contributed by atoms with Crippen LogP contribution in [0.3, 0.4) is 0 Å². The van der Waals surface area contributed by atoms with E-state index in [1.807, 2.05) is 0 Å². The number of ether oxygens (including phenoxy) is 1. The summed E-state index contributed by atoms with van der Waals surface area (Å²) in [5.41, 5.74) is 0. The minimum atomic E-state index is 0.634. The van der Waals surface area contributed by atoms with E-state index in [-0.39, 0.29) is 0 Å². The number of nitrogens with one attached hydrogen (secondary N) is 1. The molecule has 2 heterocycles. The average Bonchev–Trinajstić information content (AvgIpc) is 2.93. The second kappa shape index (κ2) is 9.81. The van der Waals surface area contributed by atoms with Gasteiger partial charge in [-0.1, -0.05) is 26.7 Å². The van der Waals surface area contributed by atoms with E-state index in [0.717, 1.165) is 31.6 Å². The van der Waals surface area contributed by atoms with Crippen molar-refractivity contribution >= 4 is 0 Å². The maximum absolute atomic E-state index is 5.62. The summed E-state index contributed by atoms with van der Waals surface area (Å²) in [6.45, 7) is 11.5. The highest BCUT2D eigenvalue weighted by molar-refractivity contribution is 4.83. The van der Waals surface area contributed by atoms with Crippen molar-refractivity contribution in [3.05, 3.63) is 0 Å². The smallest absolute Gasteiger partial charge is 0.0510 e. The molecule has 3 unspecified atom stereocenters. The second-order valence-corrected chi connectivity index (χ2v) is 7.07. The molecule has 0 aromatic rings. The van der Waals surface area contributed by atoms with Crippen molar-refractivity contribution in [1.29, 1.82) is 0 Å². The monoisotopic (exact) mass is 296 g/mol. The Kier molecular flexibility index (Phi) is 8.05. The van der Waals surface area contributed by atoms with Gasteiger partial charge in [0.2, 0.25) is 0 Å². The van der Waals surface area contributed by atoms with Gasteiger partial charge < -0.3 is 15.0 Å². The van der Waals surface area contributed by atoms with Crippen LogP contribution < -0.4 is 5.32 Å². The molecule has 1 N–H and O–H groups in total. The van der Waals surface area contributed by atoms with Crippen LogP contribution in [0.5, 0.6) is 0 Å². The normalized spacial score (nSPS) is 29.4. The Morgan fingerprint density at radius 3 is 2.76 bits per heavy atom. The minimum Gasteiger partial charge on any atom is -0.381 e. The summed E-state index contributed by atoms with van der Waals surface area (Å²) in [6.07, 6.45) is 9.51. The first kappa shape index (κ1) is 17.2. The molecular weight excluding hydrogens is 260 g/mol. The summed E-state index contributed by atoms with van der Waals surface area (Å²) in [4.78, 5) is 2.72. The summed E-state index contributed by atoms with van der Waals surface area (Å²) in [7, 11) is 0. The Labute approximate surface area is 131 Å². The minimum absolute atomic E-state index is 0.634. The van der Waals surface area contributed by atoms with Gasteiger partial charge in [-0.25, -0.2) is 0 Å². The highest BCUT2D eigenvalue weighted by atomic mass is 16.5. The van der Waals surface area contributed by atoms with Crippen molar-refractivity contribution in [2.45, 2.75) is 64.8 Å². The van der Waals surface area contributed by atoms with Crippen LogP contribution in [0.2, 0.25) is 0 Å². The lowest BCUT2D eigenvalue weighted by Gasteiger charge is -2.30. The molecule has 0 bridgehead atoms. The topological polar surface area (TPSA) is 24.5 Å². The van der Waals surface area contributed by atoms with E-state index in [1.165, 1.54) is 64.6 Å². The standard InChI is InChI=1S/C18H36N2O/c1-3-6-16-7-5-11-20(12-8-16)14-18(19-10-4-2)17-9-13-21-15-17/h16-19H,3-15H2,1-2H3. The number of nitrogens with zero attached hydrogens (tertiary/aromatic N) is 1. The zero-order chi connectivity index (χ0) is 14.9. The molecule has 0 radical (unpaired) electrons. The van der Waals surface area contributed by atoms with Gasteiger partial charge in [0.1, 0.15) is 0 Å². The Morgan fingerprint density at radius 2 is 2.05 bits per heavy atom. The first-order chi connectivity index (χ1) is 10.3. The van der Waals surface area contributed by atoms with Gasteiger partial charge in [-0.05, 0) is 57.7 Å². The van der Waals surface area contributed by atoms with Crippen LogP contribution in [-0.2, 0) is 4.74 Å². The van der Waals surface area contributed by atoms with Crippen LogP contribution in [0.1, 0.15) is 58.8 Å². The predicted molar refractivity (Wildman–Crippen MR) is 89.7 cm³/mol. The van der Waals surface area contributed by atoms with E-state index in [1.54, 1.807) is 0 Å². The summed E-state index contributed by atoms with van der Waals surface area (Å²) >= 11 is 0. The van der Waals surface area contributed by atoms with E-state index >= 15 is 0 Å². The van der Waals surface area contributed by atoms with Gasteiger partial charge in [0.05, 0.1) is 6.61 Å². The van der Waals surface area contributed by atoms with E-state index in [0.29, 0.717) is 6.04 Å². The second-order valence-electron chi connectivity index (χ2n) is 7.07. The fraction of sp³-hybridized carbons (Fsp3) is 1.00. The lowest BCUT2D eigenvalue weighted by Crippen LogP contribution is -2.46. The molecule has 2 fully saturated rings. The van der Waals surface area contributed by atoms with E-state index in [2.05, 4.69) is 24.1 Å². The summed E-state index contributed by atoms with van der Waals surface area (Å²) in [5.74, 6) is 1.71. The maximum atomic E-state index is 5.62. The third-order valence-electron chi connectivity index (χ3n) is 5.28. The largest absolute Gasteiger partial charge is 0.381 e. The maximum Gasteiger partial charge on any atom is 0.0510 e. The molecule has 0 saturated carbocycles. The molecule has 2 aliphatic rings. The van der Waals surface area contributed by atoms with Crippen molar-refractivity contribution in [2.75, 3.05) is 39.4 Å². The van der Waals surface area contributed by atoms with Gasteiger partial charge in [0.15, 0.2) is 0 Å². The third-order valence-corrected chi connectivity index (χ3v) is 5.28. The SMILES string of the molecule is CCCNC(CN1CCCC(CCC)CC1)C1CCOC1. The molecule has 21 heavy (non-hydrogen) atoms. The van der Waals surface area contributed by atoms with Gasteiger partial charge in [-0.15, -0.1) is 0 Å². The summed E-state index contributed by atoms with van der Waals surface area (Å²) in [5, 5.41) is 3.79. The lowest BCUT2D eigenvalue weighted by molar-refractivity contribution is 0.161. The Bertz CT molecular complexity index is 266. The molecule has 3 heteroatoms. The molecule has 3 atom stereocenters. The van der Waals surface area contributed by atoms with Gasteiger partial charge in [0.25, 0.3) is 0 Å². The van der Waals surface area contributed by atoms with Crippen molar-refractivity contribution < 1.29 is 4.74 Å². The van der Waals surface area contributed by atoms with E-state index < -0.39 is 0 Å². The third kappa shape index (κ3) is 5.88. The molecule has 0 aromatic carbocycles. The van der Waals surface area contributed by atoms with Gasteiger partial charge in [0, 0.05) is 25.1 Å². The molecule has 0 spiro atoms. The zero-order valence-electron chi connectivity index (χ0n) is 14.3. The van der Waals surface area contributed by atoms with Crippen molar-refractivity contribution in [3.63, 3.8) is 0 Å². The predicted octanol–water partition coefficient (Wildman–Crippen LogP) is 3.29. The first-order valence-corrected chi connectivity index (χ1v) is 9.37. The Balaban J connectivity index is 1.80. The van der Waals surface area contributed by atoms with Crippen LogP contribution >= 0.6 is 0 Å². The highest BCUT2D eigenvalue weighted by Gasteiger charge is 2.27. The molecule has 0 aliphatic carbocycles. The fourth-order valence-corrected chi connectivity index (χ4v) is 3.96. The first-order valence-electron chi connectivity index (χ1n) is 9.37. The highest BCUT2D eigenvalue weighted by Crippen LogP contribution is 2.23. The van der Waals surface area contributed by atoms with E-state index in [4.69, 9.17) is 4.74 Å². The van der Waals surface area contributed by atoms with Crippen molar-refractivity contribution in [2.24, 2.45) is 11.8 Å². The van der Waals surface area contributed by atoms with Crippen LogP contribution in [-0.4, -0.2) is 50.3 Å². The Morgan fingerprint density at radius 1 is 1.14 bits per heavy atom. The fourth-order valence-electron chi connectivity index (χ4n) is 3.96. The van der Waals surface area contributed by atoms with Crippen LogP contribution in [0.15, 0.2) is 0 Å². The number of hydrogen-bond acceptors (Lipinski definition) is 3. The summed E-state index contributed by atoms with van der Waals surface area (Å²) < 4.78 is 5.62. The van der Waals surface area contributed by atoms with Gasteiger partial charge in [-0.3, -0.25) is 0 Å². The van der Waals surface area contributed by atoms with Gasteiger partial charge in [-0.2, -0.15) is 0 Å².